The van der Waals surface area contributed by atoms with Gasteiger partial charge in [-0.25, -0.2) is 0 Å². The van der Waals surface area contributed by atoms with Crippen molar-refractivity contribution in [1.29, 1.82) is 0 Å². The van der Waals surface area contributed by atoms with E-state index in [4.69, 9.17) is 22.1 Å². The van der Waals surface area contributed by atoms with Crippen LogP contribution in [-0.2, 0) is 0 Å². The number of methoxy groups -OCH3 is 1. The summed E-state index contributed by atoms with van der Waals surface area (Å²) in [6, 6.07) is 5.19. The number of hydrogen-bond donors (Lipinski definition) is 1. The van der Waals surface area contributed by atoms with Crippen LogP contribution in [0.5, 0.6) is 5.75 Å². The number of carbonyl (C=O) groups excluding carboxylic acids is 1. The van der Waals surface area contributed by atoms with Crippen LogP contribution < -0.4 is 10.5 Å². The largest absolute Gasteiger partial charge is 0.496 e. The van der Waals surface area contributed by atoms with E-state index >= 15 is 0 Å². The molecule has 2 N–H and O–H groups in total. The molecule has 4 nitrogen and oxygen atoms in total. The Morgan fingerprint density at radius 3 is 2.95 bits per heavy atom. The topological polar surface area (TPSA) is 55.6 Å². The minimum atomic E-state index is -0.0273. The lowest BCUT2D eigenvalue weighted by molar-refractivity contribution is 0.0529. The molecule has 1 fully saturated rings. The van der Waals surface area contributed by atoms with E-state index in [-0.39, 0.29) is 11.9 Å². The number of amides is 1. The molecule has 0 radical (unpaired) electrons. The summed E-state index contributed by atoms with van der Waals surface area (Å²) < 4.78 is 5.27. The quantitative estimate of drug-likeness (QED) is 0.932. The van der Waals surface area contributed by atoms with E-state index in [0.29, 0.717) is 28.8 Å². The number of ether oxygens (including phenoxy) is 1. The van der Waals surface area contributed by atoms with Crippen molar-refractivity contribution in [3.05, 3.63) is 28.8 Å². The van der Waals surface area contributed by atoms with E-state index < -0.39 is 0 Å². The number of benzene rings is 1. The van der Waals surface area contributed by atoms with Gasteiger partial charge < -0.3 is 15.4 Å². The second-order valence-electron chi connectivity index (χ2n) is 5.27. The molecular weight excluding hydrogens is 276 g/mol. The van der Waals surface area contributed by atoms with Gasteiger partial charge in [0.25, 0.3) is 5.91 Å². The lowest BCUT2D eigenvalue weighted by atomic mass is 9.90. The summed E-state index contributed by atoms with van der Waals surface area (Å²) in [4.78, 5) is 14.6. The normalized spacial score (nSPS) is 22.7. The minimum Gasteiger partial charge on any atom is -0.496 e. The van der Waals surface area contributed by atoms with Gasteiger partial charge in [-0.05, 0) is 37.0 Å². The molecule has 0 saturated carbocycles. The van der Waals surface area contributed by atoms with E-state index in [1.165, 1.54) is 0 Å². The first-order chi connectivity index (χ1) is 9.58. The molecule has 1 aromatic rings. The maximum atomic E-state index is 12.8. The Morgan fingerprint density at radius 2 is 2.30 bits per heavy atom. The third kappa shape index (κ3) is 2.91. The predicted molar refractivity (Wildman–Crippen MR) is 80.3 cm³/mol. The second-order valence-corrected chi connectivity index (χ2v) is 5.70. The van der Waals surface area contributed by atoms with Crippen molar-refractivity contribution in [2.45, 2.75) is 25.8 Å². The minimum absolute atomic E-state index is 0.0273. The summed E-state index contributed by atoms with van der Waals surface area (Å²) in [5.41, 5.74) is 6.39. The molecule has 0 spiro atoms. The second kappa shape index (κ2) is 6.46. The zero-order valence-corrected chi connectivity index (χ0v) is 12.7. The van der Waals surface area contributed by atoms with Crippen molar-refractivity contribution in [3.8, 4) is 5.75 Å². The van der Waals surface area contributed by atoms with Crippen LogP contribution in [-0.4, -0.2) is 37.0 Å². The Hall–Kier alpha value is -1.26. The summed E-state index contributed by atoms with van der Waals surface area (Å²) in [6.07, 6.45) is 2.13. The molecule has 1 aliphatic rings. The van der Waals surface area contributed by atoms with Crippen LogP contribution >= 0.6 is 11.6 Å². The standard InChI is InChI=1S/C15H21ClN2O2/c1-10-4-3-7-18(13(10)9-17)15(19)12-6-5-11(16)8-14(12)20-2/h5-6,8,10,13H,3-4,7,9,17H2,1-2H3. The van der Waals surface area contributed by atoms with Gasteiger partial charge in [0.1, 0.15) is 5.75 Å². The summed E-state index contributed by atoms with van der Waals surface area (Å²) in [5, 5.41) is 0.556. The highest BCUT2D eigenvalue weighted by Crippen LogP contribution is 2.29. The van der Waals surface area contributed by atoms with E-state index in [2.05, 4.69) is 6.92 Å². The molecule has 20 heavy (non-hydrogen) atoms. The van der Waals surface area contributed by atoms with Gasteiger partial charge in [0, 0.05) is 24.2 Å². The number of nitrogens with zero attached hydrogens (tertiary/aromatic N) is 1. The van der Waals surface area contributed by atoms with E-state index in [0.717, 1.165) is 19.4 Å². The van der Waals surface area contributed by atoms with E-state index in [9.17, 15) is 4.79 Å². The van der Waals surface area contributed by atoms with Crippen LogP contribution in [0.1, 0.15) is 30.1 Å². The van der Waals surface area contributed by atoms with Crippen LogP contribution in [0.15, 0.2) is 18.2 Å². The van der Waals surface area contributed by atoms with Gasteiger partial charge in [0.05, 0.1) is 12.7 Å². The van der Waals surface area contributed by atoms with Gasteiger partial charge >= 0.3 is 0 Å². The fourth-order valence-corrected chi connectivity index (χ4v) is 3.02. The first kappa shape index (κ1) is 15.1. The van der Waals surface area contributed by atoms with Gasteiger partial charge in [-0.15, -0.1) is 0 Å². The third-order valence-electron chi connectivity index (χ3n) is 4.01. The zero-order chi connectivity index (χ0) is 14.7. The number of nitrogens with two attached hydrogens (primary N) is 1. The first-order valence-corrected chi connectivity index (χ1v) is 7.30. The van der Waals surface area contributed by atoms with E-state index in [1.807, 2.05) is 4.90 Å². The SMILES string of the molecule is COc1cc(Cl)ccc1C(=O)N1CCCC(C)C1CN. The molecule has 2 unspecified atom stereocenters. The predicted octanol–water partition coefficient (Wildman–Crippen LogP) is 2.55. The Bertz CT molecular complexity index is 493. The molecule has 1 aliphatic heterocycles. The smallest absolute Gasteiger partial charge is 0.257 e. The van der Waals surface area contributed by atoms with Crippen molar-refractivity contribution < 1.29 is 9.53 Å². The Labute approximate surface area is 124 Å². The number of rotatable bonds is 3. The van der Waals surface area contributed by atoms with Gasteiger partial charge in [-0.3, -0.25) is 4.79 Å². The third-order valence-corrected chi connectivity index (χ3v) is 4.25. The highest BCUT2D eigenvalue weighted by atomic mass is 35.5. The molecule has 0 aromatic heterocycles. The Morgan fingerprint density at radius 1 is 1.55 bits per heavy atom. The molecular formula is C15H21ClN2O2. The lowest BCUT2D eigenvalue weighted by Crippen LogP contribution is -2.51. The first-order valence-electron chi connectivity index (χ1n) is 6.93. The molecule has 0 aliphatic carbocycles. The van der Waals surface area contributed by atoms with Crippen molar-refractivity contribution in [2.24, 2.45) is 11.7 Å². The summed E-state index contributed by atoms with van der Waals surface area (Å²) >= 11 is 5.94. The highest BCUT2D eigenvalue weighted by molar-refractivity contribution is 6.30. The zero-order valence-electron chi connectivity index (χ0n) is 11.9. The van der Waals surface area contributed by atoms with Crippen LogP contribution in [0.3, 0.4) is 0 Å². The van der Waals surface area contributed by atoms with E-state index in [1.54, 1.807) is 25.3 Å². The average Bonchev–Trinajstić information content (AvgIpc) is 2.46. The van der Waals surface area contributed by atoms with Crippen molar-refractivity contribution in [2.75, 3.05) is 20.2 Å². The van der Waals surface area contributed by atoms with Gasteiger partial charge in [0.15, 0.2) is 0 Å². The number of hydrogen-bond acceptors (Lipinski definition) is 3. The molecule has 2 atom stereocenters. The fraction of sp³-hybridized carbons (Fsp3) is 0.533. The molecule has 5 heteroatoms. The fourth-order valence-electron chi connectivity index (χ4n) is 2.86. The summed E-state index contributed by atoms with van der Waals surface area (Å²) in [5.74, 6) is 0.910. The highest BCUT2D eigenvalue weighted by Gasteiger charge is 2.32. The van der Waals surface area contributed by atoms with Crippen molar-refractivity contribution in [3.63, 3.8) is 0 Å². The average molecular weight is 297 g/mol. The van der Waals surface area contributed by atoms with Crippen LogP contribution in [0.4, 0.5) is 0 Å². The van der Waals surface area contributed by atoms with Crippen LogP contribution in [0.25, 0.3) is 0 Å². The van der Waals surface area contributed by atoms with Crippen LogP contribution in [0.2, 0.25) is 5.02 Å². The molecule has 1 saturated heterocycles. The maximum absolute atomic E-state index is 12.8. The van der Waals surface area contributed by atoms with Crippen molar-refractivity contribution in [1.82, 2.24) is 4.90 Å². The molecule has 2 rings (SSSR count). The molecule has 1 aromatic carbocycles. The molecule has 1 amide bonds. The number of piperidine rings is 1. The maximum Gasteiger partial charge on any atom is 0.257 e. The monoisotopic (exact) mass is 296 g/mol. The van der Waals surface area contributed by atoms with Crippen molar-refractivity contribution >= 4 is 17.5 Å². The Balaban J connectivity index is 2.30. The lowest BCUT2D eigenvalue weighted by Gasteiger charge is -2.39. The van der Waals surface area contributed by atoms with Gasteiger partial charge in [-0.1, -0.05) is 18.5 Å². The molecule has 110 valence electrons. The number of halogens is 1. The van der Waals surface area contributed by atoms with Gasteiger partial charge in [-0.2, -0.15) is 0 Å². The molecule has 0 bridgehead atoms. The summed E-state index contributed by atoms with van der Waals surface area (Å²) in [7, 11) is 1.54. The van der Waals surface area contributed by atoms with Gasteiger partial charge in [0.2, 0.25) is 0 Å². The summed E-state index contributed by atoms with van der Waals surface area (Å²) in [6.45, 7) is 3.38. The molecule has 1 heterocycles. The van der Waals surface area contributed by atoms with Crippen LogP contribution in [0, 0.1) is 5.92 Å². The number of carbonyl (C=O) groups is 1. The Kier molecular flexibility index (Phi) is 4.89. The number of likely N-dealkylation sites (tertiary alicyclic amines) is 1.